The van der Waals surface area contributed by atoms with Crippen molar-refractivity contribution in [2.45, 2.75) is 45.2 Å². The van der Waals surface area contributed by atoms with Crippen LogP contribution in [0.4, 0.5) is 0 Å². The van der Waals surface area contributed by atoms with Gasteiger partial charge < -0.3 is 9.47 Å². The molecule has 1 aromatic carbocycles. The molecule has 0 amide bonds. The molecule has 3 heteroatoms. The van der Waals surface area contributed by atoms with E-state index in [1.54, 1.807) is 0 Å². The van der Waals surface area contributed by atoms with Gasteiger partial charge in [0.25, 0.3) is 0 Å². The number of hydrogen-bond acceptors (Lipinski definition) is 3. The molecule has 0 spiro atoms. The van der Waals surface area contributed by atoms with E-state index in [-0.39, 0.29) is 18.0 Å². The highest BCUT2D eigenvalue weighted by molar-refractivity contribution is 5.96. The van der Waals surface area contributed by atoms with Crippen LogP contribution in [0.2, 0.25) is 0 Å². The summed E-state index contributed by atoms with van der Waals surface area (Å²) < 4.78 is 11.2. The number of rotatable bonds is 3. The van der Waals surface area contributed by atoms with Crippen LogP contribution in [0.3, 0.4) is 0 Å². The average Bonchev–Trinajstić information content (AvgIpc) is 2.28. The maximum Gasteiger partial charge on any atom is 0.167 e. The summed E-state index contributed by atoms with van der Waals surface area (Å²) in [5.74, 6) is 0.0666. The molecule has 1 heterocycles. The predicted octanol–water partition coefficient (Wildman–Crippen LogP) is 2.80. The third-order valence-corrected chi connectivity index (χ3v) is 2.88. The van der Waals surface area contributed by atoms with Crippen LogP contribution in [0, 0.1) is 0 Å². The van der Waals surface area contributed by atoms with Crippen molar-refractivity contribution >= 4 is 5.78 Å². The Labute approximate surface area is 102 Å². The second-order valence-corrected chi connectivity index (χ2v) is 4.55. The van der Waals surface area contributed by atoms with E-state index in [0.29, 0.717) is 12.0 Å². The molecule has 0 radical (unpaired) electrons. The molecule has 1 saturated heterocycles. The molecule has 2 rings (SSSR count). The molecule has 1 aliphatic rings. The number of ether oxygens (including phenoxy) is 2. The van der Waals surface area contributed by atoms with E-state index in [9.17, 15) is 4.79 Å². The predicted molar refractivity (Wildman–Crippen MR) is 64.9 cm³/mol. The van der Waals surface area contributed by atoms with E-state index in [1.807, 2.05) is 44.2 Å². The molecular weight excluding hydrogens is 216 g/mol. The van der Waals surface area contributed by atoms with Gasteiger partial charge in [-0.05, 0) is 20.3 Å². The Morgan fingerprint density at radius 3 is 2.35 bits per heavy atom. The minimum atomic E-state index is -0.401. The fourth-order valence-corrected chi connectivity index (χ4v) is 2.12. The van der Waals surface area contributed by atoms with Crippen molar-refractivity contribution in [2.24, 2.45) is 0 Å². The molecule has 0 unspecified atom stereocenters. The van der Waals surface area contributed by atoms with Crippen molar-refractivity contribution in [1.82, 2.24) is 0 Å². The van der Waals surface area contributed by atoms with E-state index in [1.165, 1.54) is 0 Å². The van der Waals surface area contributed by atoms with E-state index in [4.69, 9.17) is 9.47 Å². The highest BCUT2D eigenvalue weighted by Crippen LogP contribution is 2.21. The van der Waals surface area contributed by atoms with Gasteiger partial charge in [0.15, 0.2) is 12.1 Å². The molecule has 3 nitrogen and oxygen atoms in total. The Hall–Kier alpha value is -1.19. The van der Waals surface area contributed by atoms with Crippen LogP contribution in [-0.4, -0.2) is 24.3 Å². The summed E-state index contributed by atoms with van der Waals surface area (Å²) in [7, 11) is 0. The standard InChI is InChI=1S/C14H18O3/c1-10-8-11(2)17-14(16-10)9-13(15)12-6-4-3-5-7-12/h3-7,10-11,14H,8-9H2,1-2H3/t10-,11-/m1/s1. The first kappa shape index (κ1) is 12.3. The molecule has 0 N–H and O–H groups in total. The van der Waals surface area contributed by atoms with Crippen molar-refractivity contribution in [2.75, 3.05) is 0 Å². The molecule has 0 saturated carbocycles. The first-order valence-corrected chi connectivity index (χ1v) is 6.04. The number of hydrogen-bond donors (Lipinski definition) is 0. The van der Waals surface area contributed by atoms with Crippen LogP contribution in [0.25, 0.3) is 0 Å². The van der Waals surface area contributed by atoms with Crippen molar-refractivity contribution in [3.63, 3.8) is 0 Å². The smallest absolute Gasteiger partial charge is 0.167 e. The number of benzene rings is 1. The molecule has 0 aromatic heterocycles. The Morgan fingerprint density at radius 1 is 1.18 bits per heavy atom. The van der Waals surface area contributed by atoms with Gasteiger partial charge in [-0.1, -0.05) is 30.3 Å². The van der Waals surface area contributed by atoms with E-state index < -0.39 is 6.29 Å². The van der Waals surface area contributed by atoms with E-state index in [0.717, 1.165) is 6.42 Å². The van der Waals surface area contributed by atoms with Gasteiger partial charge in [-0.15, -0.1) is 0 Å². The van der Waals surface area contributed by atoms with Crippen molar-refractivity contribution < 1.29 is 14.3 Å². The Kier molecular flexibility index (Phi) is 3.92. The van der Waals surface area contributed by atoms with Crippen molar-refractivity contribution in [1.29, 1.82) is 0 Å². The fourth-order valence-electron chi connectivity index (χ4n) is 2.12. The van der Waals surface area contributed by atoms with Crippen LogP contribution in [0.15, 0.2) is 30.3 Å². The van der Waals surface area contributed by atoms with Crippen LogP contribution in [0.5, 0.6) is 0 Å². The molecule has 92 valence electrons. The van der Waals surface area contributed by atoms with Crippen LogP contribution < -0.4 is 0 Å². The molecule has 0 bridgehead atoms. The zero-order valence-corrected chi connectivity index (χ0v) is 10.3. The van der Waals surface area contributed by atoms with E-state index >= 15 is 0 Å². The topological polar surface area (TPSA) is 35.5 Å². The summed E-state index contributed by atoms with van der Waals surface area (Å²) in [5, 5.41) is 0. The molecule has 2 atom stereocenters. The van der Waals surface area contributed by atoms with Gasteiger partial charge in [0.2, 0.25) is 0 Å². The number of carbonyl (C=O) groups is 1. The van der Waals surface area contributed by atoms with Crippen LogP contribution in [0.1, 0.15) is 37.0 Å². The number of Topliss-reactive ketones (excluding diaryl/α,β-unsaturated/α-hetero) is 1. The van der Waals surface area contributed by atoms with Crippen LogP contribution >= 0.6 is 0 Å². The van der Waals surface area contributed by atoms with Gasteiger partial charge in [-0.3, -0.25) is 4.79 Å². The molecule has 1 aromatic rings. The van der Waals surface area contributed by atoms with Crippen molar-refractivity contribution in [3.05, 3.63) is 35.9 Å². The number of ketones is 1. The average molecular weight is 234 g/mol. The molecule has 17 heavy (non-hydrogen) atoms. The third-order valence-electron chi connectivity index (χ3n) is 2.88. The largest absolute Gasteiger partial charge is 0.349 e. The molecule has 1 aliphatic heterocycles. The second-order valence-electron chi connectivity index (χ2n) is 4.55. The quantitative estimate of drug-likeness (QED) is 0.754. The summed E-state index contributed by atoms with van der Waals surface area (Å²) in [6.07, 6.45) is 1.09. The van der Waals surface area contributed by atoms with Gasteiger partial charge in [0, 0.05) is 5.56 Å². The normalized spacial score (nSPS) is 28.9. The summed E-state index contributed by atoms with van der Waals surface area (Å²) in [5.41, 5.74) is 0.713. The van der Waals surface area contributed by atoms with Crippen molar-refractivity contribution in [3.8, 4) is 0 Å². The second kappa shape index (κ2) is 5.43. The van der Waals surface area contributed by atoms with E-state index in [2.05, 4.69) is 0 Å². The lowest BCUT2D eigenvalue weighted by molar-refractivity contribution is -0.231. The zero-order chi connectivity index (χ0) is 12.3. The van der Waals surface area contributed by atoms with Gasteiger partial charge in [0.05, 0.1) is 18.6 Å². The SMILES string of the molecule is C[C@@H]1C[C@@H](C)OC(CC(=O)c2ccccc2)O1. The summed E-state index contributed by atoms with van der Waals surface area (Å²) in [4.78, 5) is 12.0. The highest BCUT2D eigenvalue weighted by atomic mass is 16.7. The summed E-state index contributed by atoms with van der Waals surface area (Å²) >= 11 is 0. The zero-order valence-electron chi connectivity index (χ0n) is 10.3. The lowest BCUT2D eigenvalue weighted by Crippen LogP contribution is -2.36. The summed E-state index contributed by atoms with van der Waals surface area (Å²) in [6.45, 7) is 4.03. The van der Waals surface area contributed by atoms with Crippen LogP contribution in [-0.2, 0) is 9.47 Å². The van der Waals surface area contributed by atoms with Gasteiger partial charge in [0.1, 0.15) is 0 Å². The molecular formula is C14H18O3. The minimum absolute atomic E-state index is 0.0666. The Bertz CT molecular complexity index is 364. The highest BCUT2D eigenvalue weighted by Gasteiger charge is 2.26. The minimum Gasteiger partial charge on any atom is -0.349 e. The van der Waals surface area contributed by atoms with Gasteiger partial charge >= 0.3 is 0 Å². The Balaban J connectivity index is 1.95. The third kappa shape index (κ3) is 3.38. The first-order chi connectivity index (χ1) is 8.15. The van der Waals surface area contributed by atoms with Gasteiger partial charge in [-0.2, -0.15) is 0 Å². The fraction of sp³-hybridized carbons (Fsp3) is 0.500. The number of carbonyl (C=O) groups excluding carboxylic acids is 1. The molecule has 1 fully saturated rings. The maximum atomic E-state index is 12.0. The Morgan fingerprint density at radius 2 is 1.76 bits per heavy atom. The maximum absolute atomic E-state index is 12.0. The first-order valence-electron chi connectivity index (χ1n) is 6.04. The van der Waals surface area contributed by atoms with Gasteiger partial charge in [-0.25, -0.2) is 0 Å². The summed E-state index contributed by atoms with van der Waals surface area (Å²) in [6, 6.07) is 9.26. The molecule has 0 aliphatic carbocycles. The lowest BCUT2D eigenvalue weighted by Gasteiger charge is -2.32. The lowest BCUT2D eigenvalue weighted by atomic mass is 10.1. The monoisotopic (exact) mass is 234 g/mol.